The van der Waals surface area contributed by atoms with Crippen LogP contribution in [-0.2, 0) is 0 Å². The maximum Gasteiger partial charge on any atom is 0.0161 e. The van der Waals surface area contributed by atoms with E-state index in [9.17, 15) is 0 Å². The molecule has 0 aliphatic rings. The van der Waals surface area contributed by atoms with Crippen molar-refractivity contribution in [3.8, 4) is 0 Å². The predicted octanol–water partition coefficient (Wildman–Crippen LogP) is 0.540. The number of hydrogen-bond donors (Lipinski definition) is 2. The third kappa shape index (κ3) is 5.08. The molecule has 0 amide bonds. The molecule has 0 saturated carbocycles. The molecular weight excluding hydrogens is 88.1 g/mol. The van der Waals surface area contributed by atoms with E-state index < -0.39 is 0 Å². The highest BCUT2D eigenvalue weighted by Gasteiger charge is 1.55. The fourth-order valence-corrected chi connectivity index (χ4v) is 0.207. The third-order valence-corrected chi connectivity index (χ3v) is 0.455. The van der Waals surface area contributed by atoms with E-state index in [1.807, 2.05) is 13.0 Å². The lowest BCUT2D eigenvalue weighted by atomic mass is 10.7. The van der Waals surface area contributed by atoms with Crippen LogP contribution in [0.3, 0.4) is 0 Å². The number of allylic oxidation sites excluding steroid dienone is 1. The minimum absolute atomic E-state index is 1.44. The number of rotatable bonds is 2. The quantitative estimate of drug-likeness (QED) is 0.529. The van der Waals surface area contributed by atoms with Gasteiger partial charge in [-0.2, -0.15) is 0 Å². The van der Waals surface area contributed by atoms with Crippen molar-refractivity contribution in [2.24, 2.45) is 5.73 Å². The van der Waals surface area contributed by atoms with E-state index >= 15 is 0 Å². The first-order valence-electron chi connectivity index (χ1n) is 2.15. The highest BCUT2D eigenvalue weighted by molar-refractivity contribution is 4.83. The molecule has 0 rings (SSSR count). The Hall–Kier alpha value is -0.920. The fourth-order valence-electron chi connectivity index (χ4n) is 0.207. The topological polar surface area (TPSA) is 38.0 Å². The lowest BCUT2D eigenvalue weighted by molar-refractivity contribution is 1.18. The van der Waals surface area contributed by atoms with Crippen molar-refractivity contribution in [2.45, 2.75) is 6.92 Å². The van der Waals surface area contributed by atoms with E-state index in [1.54, 1.807) is 12.4 Å². The van der Waals surface area contributed by atoms with Crippen LogP contribution < -0.4 is 11.1 Å². The summed E-state index contributed by atoms with van der Waals surface area (Å²) >= 11 is 0. The van der Waals surface area contributed by atoms with Gasteiger partial charge in [-0.1, -0.05) is 6.08 Å². The van der Waals surface area contributed by atoms with E-state index in [1.165, 1.54) is 6.20 Å². The molecule has 0 fully saturated rings. The Balaban J connectivity index is 2.98. The lowest BCUT2D eigenvalue weighted by Gasteiger charge is -1.81. The summed E-state index contributed by atoms with van der Waals surface area (Å²) in [5.74, 6) is 0. The molecule has 0 radical (unpaired) electrons. The number of nitrogens with two attached hydrogens (primary N) is 1. The first-order chi connectivity index (χ1) is 3.41. The van der Waals surface area contributed by atoms with Crippen molar-refractivity contribution in [3.05, 3.63) is 24.7 Å². The summed E-state index contributed by atoms with van der Waals surface area (Å²) in [6, 6.07) is 0. The second-order valence-electron chi connectivity index (χ2n) is 1.03. The van der Waals surface area contributed by atoms with Crippen molar-refractivity contribution >= 4 is 0 Å². The van der Waals surface area contributed by atoms with E-state index in [2.05, 4.69) is 5.32 Å². The van der Waals surface area contributed by atoms with E-state index in [0.717, 1.165) is 0 Å². The van der Waals surface area contributed by atoms with Crippen molar-refractivity contribution in [1.29, 1.82) is 0 Å². The number of hydrogen-bond acceptors (Lipinski definition) is 2. The second kappa shape index (κ2) is 5.08. The highest BCUT2D eigenvalue weighted by Crippen LogP contribution is 1.60. The van der Waals surface area contributed by atoms with Gasteiger partial charge in [0.15, 0.2) is 0 Å². The average molecular weight is 98.1 g/mol. The standard InChI is InChI=1S/C5H10N2/c1-2-4-7-5-3-6/h2-5,7H,6H2,1H3/b4-2-,5-3-. The summed E-state index contributed by atoms with van der Waals surface area (Å²) in [6.07, 6.45) is 6.78. The minimum Gasteiger partial charge on any atom is -0.403 e. The van der Waals surface area contributed by atoms with Gasteiger partial charge in [-0.3, -0.25) is 0 Å². The number of nitrogens with one attached hydrogen (secondary N) is 1. The van der Waals surface area contributed by atoms with Crippen LogP contribution in [0.2, 0.25) is 0 Å². The largest absolute Gasteiger partial charge is 0.403 e. The van der Waals surface area contributed by atoms with Crippen LogP contribution in [0.1, 0.15) is 6.92 Å². The lowest BCUT2D eigenvalue weighted by Crippen LogP contribution is -1.92. The van der Waals surface area contributed by atoms with Gasteiger partial charge in [0, 0.05) is 12.4 Å². The zero-order chi connectivity index (χ0) is 5.54. The maximum absolute atomic E-state index is 4.99. The van der Waals surface area contributed by atoms with Crippen LogP contribution in [0.4, 0.5) is 0 Å². The summed E-state index contributed by atoms with van der Waals surface area (Å²) < 4.78 is 0. The highest BCUT2D eigenvalue weighted by atomic mass is 14.8. The molecule has 0 aromatic carbocycles. The van der Waals surface area contributed by atoms with Gasteiger partial charge in [0.1, 0.15) is 0 Å². The van der Waals surface area contributed by atoms with Gasteiger partial charge in [-0.05, 0) is 13.1 Å². The summed E-state index contributed by atoms with van der Waals surface area (Å²) in [5, 5.41) is 2.80. The Labute approximate surface area is 43.7 Å². The Morgan fingerprint density at radius 1 is 1.43 bits per heavy atom. The first kappa shape index (κ1) is 6.08. The molecule has 0 spiro atoms. The molecule has 0 aliphatic carbocycles. The fraction of sp³-hybridized carbons (Fsp3) is 0.200. The molecule has 0 aromatic heterocycles. The SMILES string of the molecule is C/C=C\N/C=C\N. The zero-order valence-electron chi connectivity index (χ0n) is 4.39. The van der Waals surface area contributed by atoms with Crippen LogP contribution in [0.5, 0.6) is 0 Å². The molecule has 0 saturated heterocycles. The van der Waals surface area contributed by atoms with Crippen molar-refractivity contribution in [1.82, 2.24) is 5.32 Å². The van der Waals surface area contributed by atoms with Gasteiger partial charge in [0.2, 0.25) is 0 Å². The first-order valence-corrected chi connectivity index (χ1v) is 2.15. The van der Waals surface area contributed by atoms with Crippen LogP contribution in [0, 0.1) is 0 Å². The van der Waals surface area contributed by atoms with Crippen LogP contribution >= 0.6 is 0 Å². The zero-order valence-corrected chi connectivity index (χ0v) is 4.39. The summed E-state index contributed by atoms with van der Waals surface area (Å²) in [4.78, 5) is 0. The third-order valence-electron chi connectivity index (χ3n) is 0.455. The summed E-state index contributed by atoms with van der Waals surface area (Å²) in [6.45, 7) is 1.93. The van der Waals surface area contributed by atoms with Crippen molar-refractivity contribution in [3.63, 3.8) is 0 Å². The minimum atomic E-state index is 1.44. The average Bonchev–Trinajstić information content (AvgIpc) is 1.69. The molecule has 0 atom stereocenters. The molecule has 2 heteroatoms. The maximum atomic E-state index is 4.99. The molecule has 2 nitrogen and oxygen atoms in total. The Bertz CT molecular complexity index is 64.1. The van der Waals surface area contributed by atoms with E-state index in [-0.39, 0.29) is 0 Å². The van der Waals surface area contributed by atoms with Gasteiger partial charge < -0.3 is 11.1 Å². The molecule has 3 N–H and O–H groups in total. The Morgan fingerprint density at radius 2 is 2.14 bits per heavy atom. The summed E-state index contributed by atoms with van der Waals surface area (Å²) in [5.41, 5.74) is 4.99. The van der Waals surface area contributed by atoms with Crippen LogP contribution in [-0.4, -0.2) is 0 Å². The Morgan fingerprint density at radius 3 is 2.57 bits per heavy atom. The van der Waals surface area contributed by atoms with Crippen molar-refractivity contribution in [2.75, 3.05) is 0 Å². The van der Waals surface area contributed by atoms with Gasteiger partial charge in [-0.15, -0.1) is 0 Å². The monoisotopic (exact) mass is 98.1 g/mol. The molecule has 0 aromatic rings. The van der Waals surface area contributed by atoms with E-state index in [0.29, 0.717) is 0 Å². The molecule has 0 aliphatic heterocycles. The predicted molar refractivity (Wildman–Crippen MR) is 31.3 cm³/mol. The van der Waals surface area contributed by atoms with Crippen LogP contribution in [0.15, 0.2) is 24.7 Å². The van der Waals surface area contributed by atoms with E-state index in [4.69, 9.17) is 5.73 Å². The Kier molecular flexibility index (Phi) is 4.41. The molecule has 0 unspecified atom stereocenters. The second-order valence-corrected chi connectivity index (χ2v) is 1.03. The van der Waals surface area contributed by atoms with Gasteiger partial charge >= 0.3 is 0 Å². The van der Waals surface area contributed by atoms with Crippen LogP contribution in [0.25, 0.3) is 0 Å². The summed E-state index contributed by atoms with van der Waals surface area (Å²) in [7, 11) is 0. The molecule has 40 valence electrons. The van der Waals surface area contributed by atoms with Crippen molar-refractivity contribution < 1.29 is 0 Å². The van der Waals surface area contributed by atoms with Gasteiger partial charge in [0.25, 0.3) is 0 Å². The smallest absolute Gasteiger partial charge is 0.0161 e. The normalized spacial score (nSPS) is 11.0. The molecule has 0 bridgehead atoms. The molecule has 7 heavy (non-hydrogen) atoms. The molecule has 0 heterocycles. The molecular formula is C5H10N2. The van der Waals surface area contributed by atoms with Gasteiger partial charge in [0.05, 0.1) is 0 Å². The van der Waals surface area contributed by atoms with Gasteiger partial charge in [-0.25, -0.2) is 0 Å².